The Balaban J connectivity index is 2.00. The topological polar surface area (TPSA) is 64.3 Å². The first-order valence-electron chi connectivity index (χ1n) is 6.10. The van der Waals surface area contributed by atoms with Gasteiger partial charge in [-0.2, -0.15) is 5.10 Å². The fraction of sp³-hybridized carbons (Fsp3) is 0.667. The van der Waals surface area contributed by atoms with Crippen molar-refractivity contribution < 1.29 is 14.6 Å². The molecule has 17 heavy (non-hydrogen) atoms. The second-order valence-electron chi connectivity index (χ2n) is 4.39. The molecule has 0 unspecified atom stereocenters. The van der Waals surface area contributed by atoms with Crippen molar-refractivity contribution in [1.29, 1.82) is 0 Å². The maximum absolute atomic E-state index is 11.5. The van der Waals surface area contributed by atoms with Gasteiger partial charge in [-0.05, 0) is 32.6 Å². The van der Waals surface area contributed by atoms with Crippen LogP contribution in [0.3, 0.4) is 0 Å². The van der Waals surface area contributed by atoms with Crippen LogP contribution in [0.25, 0.3) is 0 Å². The van der Waals surface area contributed by atoms with Crippen molar-refractivity contribution in [2.45, 2.75) is 44.8 Å². The summed E-state index contributed by atoms with van der Waals surface area (Å²) in [6.07, 6.45) is 6.53. The Kier molecular flexibility index (Phi) is 3.78. The summed E-state index contributed by atoms with van der Waals surface area (Å²) < 4.78 is 6.73. The maximum Gasteiger partial charge on any atom is 0.341 e. The molecule has 0 amide bonds. The molecule has 0 bridgehead atoms. The van der Waals surface area contributed by atoms with Crippen LogP contribution in [0.5, 0.6) is 0 Å². The van der Waals surface area contributed by atoms with E-state index in [4.69, 9.17) is 4.74 Å². The third-order valence-electron chi connectivity index (χ3n) is 3.15. The smallest absolute Gasteiger partial charge is 0.341 e. The number of aliphatic hydroxyl groups is 1. The van der Waals surface area contributed by atoms with Crippen LogP contribution in [0.4, 0.5) is 0 Å². The Morgan fingerprint density at radius 2 is 2.24 bits per heavy atom. The van der Waals surface area contributed by atoms with E-state index in [0.717, 1.165) is 25.7 Å². The van der Waals surface area contributed by atoms with Crippen LogP contribution in [0, 0.1) is 0 Å². The van der Waals surface area contributed by atoms with E-state index in [1.165, 1.54) is 0 Å². The van der Waals surface area contributed by atoms with Gasteiger partial charge < -0.3 is 9.84 Å². The summed E-state index contributed by atoms with van der Waals surface area (Å²) in [5.41, 5.74) is 0.498. The number of aliphatic hydroxyl groups excluding tert-OH is 1. The average Bonchev–Trinajstić information content (AvgIpc) is 2.80. The van der Waals surface area contributed by atoms with E-state index in [1.54, 1.807) is 19.3 Å². The van der Waals surface area contributed by atoms with Crippen LogP contribution >= 0.6 is 0 Å². The molecule has 1 aliphatic carbocycles. The van der Waals surface area contributed by atoms with Gasteiger partial charge in [0.05, 0.1) is 30.5 Å². The van der Waals surface area contributed by atoms with E-state index in [1.807, 2.05) is 4.68 Å². The molecular weight excluding hydrogens is 220 g/mol. The second-order valence-corrected chi connectivity index (χ2v) is 4.39. The van der Waals surface area contributed by atoms with E-state index in [-0.39, 0.29) is 12.1 Å². The molecular formula is C12H18N2O3. The van der Waals surface area contributed by atoms with Crippen molar-refractivity contribution >= 4 is 5.97 Å². The highest BCUT2D eigenvalue weighted by Crippen LogP contribution is 2.27. The maximum atomic E-state index is 11.5. The molecule has 5 nitrogen and oxygen atoms in total. The molecule has 2 rings (SSSR count). The quantitative estimate of drug-likeness (QED) is 0.811. The highest BCUT2D eigenvalue weighted by Gasteiger charge is 2.22. The Labute approximate surface area is 100 Å². The first-order valence-corrected chi connectivity index (χ1v) is 6.10. The lowest BCUT2D eigenvalue weighted by molar-refractivity contribution is 0.0525. The largest absolute Gasteiger partial charge is 0.462 e. The third-order valence-corrected chi connectivity index (χ3v) is 3.15. The molecule has 1 aromatic rings. The number of nitrogens with zero attached hydrogens (tertiary/aromatic N) is 2. The summed E-state index contributed by atoms with van der Waals surface area (Å²) >= 11 is 0. The van der Waals surface area contributed by atoms with Gasteiger partial charge in [0.1, 0.15) is 0 Å². The predicted molar refractivity (Wildman–Crippen MR) is 61.7 cm³/mol. The summed E-state index contributed by atoms with van der Waals surface area (Å²) in [7, 11) is 0. The van der Waals surface area contributed by atoms with Crippen molar-refractivity contribution in [3.63, 3.8) is 0 Å². The van der Waals surface area contributed by atoms with Gasteiger partial charge in [-0.3, -0.25) is 4.68 Å². The first-order chi connectivity index (χ1) is 8.20. The minimum atomic E-state index is -0.324. The lowest BCUT2D eigenvalue weighted by Gasteiger charge is -2.25. The van der Waals surface area contributed by atoms with Crippen LogP contribution in [0.15, 0.2) is 12.4 Å². The summed E-state index contributed by atoms with van der Waals surface area (Å²) in [4.78, 5) is 11.5. The minimum absolute atomic E-state index is 0.175. The SMILES string of the molecule is CCOC(=O)c1cnn(C2CCC(O)CC2)c1. The molecule has 1 N–H and O–H groups in total. The van der Waals surface area contributed by atoms with Crippen LogP contribution in [-0.2, 0) is 4.74 Å². The van der Waals surface area contributed by atoms with E-state index in [9.17, 15) is 9.90 Å². The average molecular weight is 238 g/mol. The first kappa shape index (κ1) is 12.1. The monoisotopic (exact) mass is 238 g/mol. The molecule has 0 saturated heterocycles. The molecule has 0 atom stereocenters. The number of hydrogen-bond acceptors (Lipinski definition) is 4. The van der Waals surface area contributed by atoms with Crippen LogP contribution < -0.4 is 0 Å². The Morgan fingerprint density at radius 3 is 2.88 bits per heavy atom. The van der Waals surface area contributed by atoms with Crippen LogP contribution in [-0.4, -0.2) is 33.6 Å². The third kappa shape index (κ3) is 2.85. The van der Waals surface area contributed by atoms with Crippen molar-refractivity contribution in [3.8, 4) is 0 Å². The number of ether oxygens (including phenoxy) is 1. The summed E-state index contributed by atoms with van der Waals surface area (Å²) in [6.45, 7) is 2.16. The number of esters is 1. The van der Waals surface area contributed by atoms with E-state index in [2.05, 4.69) is 5.10 Å². The summed E-state index contributed by atoms with van der Waals surface area (Å²) in [5.74, 6) is -0.324. The number of rotatable bonds is 3. The van der Waals surface area contributed by atoms with Gasteiger partial charge in [-0.15, -0.1) is 0 Å². The van der Waals surface area contributed by atoms with Gasteiger partial charge in [0.15, 0.2) is 0 Å². The van der Waals surface area contributed by atoms with E-state index < -0.39 is 0 Å². The fourth-order valence-electron chi connectivity index (χ4n) is 2.18. The molecule has 1 saturated carbocycles. The summed E-state index contributed by atoms with van der Waals surface area (Å²) in [6, 6.07) is 0.293. The molecule has 1 heterocycles. The van der Waals surface area contributed by atoms with Gasteiger partial charge in [0.2, 0.25) is 0 Å². The molecule has 5 heteroatoms. The van der Waals surface area contributed by atoms with Gasteiger partial charge in [0, 0.05) is 6.20 Å². The van der Waals surface area contributed by atoms with E-state index in [0.29, 0.717) is 18.2 Å². The number of hydrogen-bond donors (Lipinski definition) is 1. The zero-order chi connectivity index (χ0) is 12.3. The van der Waals surface area contributed by atoms with Gasteiger partial charge >= 0.3 is 5.97 Å². The number of carbonyl (C=O) groups is 1. The molecule has 0 aliphatic heterocycles. The zero-order valence-electron chi connectivity index (χ0n) is 10.0. The highest BCUT2D eigenvalue weighted by atomic mass is 16.5. The molecule has 1 aromatic heterocycles. The van der Waals surface area contributed by atoms with Crippen LogP contribution in [0.2, 0.25) is 0 Å². The number of carbonyl (C=O) groups excluding carboxylic acids is 1. The fourth-order valence-corrected chi connectivity index (χ4v) is 2.18. The van der Waals surface area contributed by atoms with Crippen molar-refractivity contribution in [2.24, 2.45) is 0 Å². The summed E-state index contributed by atoms with van der Waals surface area (Å²) in [5, 5.41) is 13.6. The minimum Gasteiger partial charge on any atom is -0.462 e. The highest BCUT2D eigenvalue weighted by molar-refractivity contribution is 5.88. The number of aromatic nitrogens is 2. The van der Waals surface area contributed by atoms with Gasteiger partial charge in [-0.25, -0.2) is 4.79 Å². The lowest BCUT2D eigenvalue weighted by atomic mass is 9.93. The molecule has 0 spiro atoms. The van der Waals surface area contributed by atoms with E-state index >= 15 is 0 Å². The molecule has 0 radical (unpaired) electrons. The van der Waals surface area contributed by atoms with Crippen molar-refractivity contribution in [2.75, 3.05) is 6.61 Å². The standard InChI is InChI=1S/C12H18N2O3/c1-2-17-12(16)9-7-13-14(8-9)10-3-5-11(15)6-4-10/h7-8,10-11,15H,2-6H2,1H3. The normalized spacial score (nSPS) is 24.6. The Bertz CT molecular complexity index is 381. The van der Waals surface area contributed by atoms with Crippen molar-refractivity contribution in [1.82, 2.24) is 9.78 Å². The Hall–Kier alpha value is -1.36. The molecule has 94 valence electrons. The van der Waals surface area contributed by atoms with Gasteiger partial charge in [-0.1, -0.05) is 0 Å². The lowest BCUT2D eigenvalue weighted by Crippen LogP contribution is -2.21. The Morgan fingerprint density at radius 1 is 1.53 bits per heavy atom. The van der Waals surface area contributed by atoms with Gasteiger partial charge in [0.25, 0.3) is 0 Å². The molecule has 0 aromatic carbocycles. The van der Waals surface area contributed by atoms with Crippen LogP contribution in [0.1, 0.15) is 49.0 Å². The molecule has 1 aliphatic rings. The molecule has 1 fully saturated rings. The second kappa shape index (κ2) is 5.31. The zero-order valence-corrected chi connectivity index (χ0v) is 10.0. The predicted octanol–water partition coefficient (Wildman–Crippen LogP) is 1.54. The van der Waals surface area contributed by atoms with Crippen molar-refractivity contribution in [3.05, 3.63) is 18.0 Å².